The van der Waals surface area contributed by atoms with E-state index in [1.165, 1.54) is 12.1 Å². The van der Waals surface area contributed by atoms with Gasteiger partial charge in [-0.3, -0.25) is 4.90 Å². The molecule has 0 spiro atoms. The van der Waals surface area contributed by atoms with Crippen molar-refractivity contribution < 1.29 is 17.9 Å². The summed E-state index contributed by atoms with van der Waals surface area (Å²) < 4.78 is 42.5. The van der Waals surface area contributed by atoms with Crippen LogP contribution in [0.4, 0.5) is 13.2 Å². The first kappa shape index (κ1) is 20.3. The van der Waals surface area contributed by atoms with Crippen molar-refractivity contribution in [3.63, 3.8) is 0 Å². The number of rotatable bonds is 8. The fourth-order valence-corrected chi connectivity index (χ4v) is 3.64. The summed E-state index contributed by atoms with van der Waals surface area (Å²) in [4.78, 5) is 2.34. The van der Waals surface area contributed by atoms with Crippen LogP contribution >= 0.6 is 15.9 Å². The van der Waals surface area contributed by atoms with Crippen molar-refractivity contribution in [2.24, 2.45) is 0 Å². The van der Waals surface area contributed by atoms with Crippen LogP contribution in [0.2, 0.25) is 0 Å². The van der Waals surface area contributed by atoms with E-state index in [-0.39, 0.29) is 11.8 Å². The summed E-state index contributed by atoms with van der Waals surface area (Å²) in [7, 11) is 0. The van der Waals surface area contributed by atoms with E-state index in [1.807, 2.05) is 12.1 Å². The number of nitrogens with one attached hydrogen (secondary N) is 1. The van der Waals surface area contributed by atoms with Crippen molar-refractivity contribution in [2.75, 3.05) is 26.2 Å². The minimum absolute atomic E-state index is 0.0833. The maximum Gasteiger partial charge on any atom is 0.573 e. The quantitative estimate of drug-likeness (QED) is 0.470. The van der Waals surface area contributed by atoms with Gasteiger partial charge >= 0.3 is 6.36 Å². The standard InChI is InChI=1S/C18H24BrF3N2O/c1-2-3-4-5-6-17(24-9-7-23-8-10-24)14-11-15(19)13-16(12-14)25-18(20,21)22/h2,11-13,17,23H,1,3-10H2/t17-/m1/s1. The average Bonchev–Trinajstić information content (AvgIpc) is 2.53. The van der Waals surface area contributed by atoms with E-state index in [4.69, 9.17) is 0 Å². The number of ether oxygens (including phenoxy) is 1. The summed E-state index contributed by atoms with van der Waals surface area (Å²) in [5.74, 6) is -0.178. The van der Waals surface area contributed by atoms with Crippen LogP contribution in [0.5, 0.6) is 5.75 Å². The van der Waals surface area contributed by atoms with Gasteiger partial charge < -0.3 is 10.1 Å². The molecule has 0 amide bonds. The highest BCUT2D eigenvalue weighted by molar-refractivity contribution is 9.10. The predicted molar refractivity (Wildman–Crippen MR) is 96.7 cm³/mol. The van der Waals surface area contributed by atoms with E-state index in [2.05, 4.69) is 37.5 Å². The van der Waals surface area contributed by atoms with E-state index < -0.39 is 6.36 Å². The maximum absolute atomic E-state index is 12.6. The third kappa shape index (κ3) is 6.99. The number of unbranched alkanes of at least 4 members (excludes halogenated alkanes) is 2. The Labute approximate surface area is 155 Å². The molecule has 0 aliphatic carbocycles. The number of hydrogen-bond acceptors (Lipinski definition) is 3. The molecule has 1 atom stereocenters. The topological polar surface area (TPSA) is 24.5 Å². The molecule has 2 rings (SSSR count). The monoisotopic (exact) mass is 420 g/mol. The van der Waals surface area contributed by atoms with Crippen molar-refractivity contribution in [3.8, 4) is 5.75 Å². The Balaban J connectivity index is 2.20. The lowest BCUT2D eigenvalue weighted by molar-refractivity contribution is -0.274. The van der Waals surface area contributed by atoms with Crippen molar-refractivity contribution in [1.29, 1.82) is 0 Å². The zero-order chi connectivity index (χ0) is 18.3. The van der Waals surface area contributed by atoms with Gasteiger partial charge in [0.2, 0.25) is 0 Å². The average molecular weight is 421 g/mol. The van der Waals surface area contributed by atoms with Crippen LogP contribution in [0.1, 0.15) is 37.3 Å². The van der Waals surface area contributed by atoms with Crippen molar-refractivity contribution >= 4 is 15.9 Å². The van der Waals surface area contributed by atoms with Gasteiger partial charge in [0, 0.05) is 36.7 Å². The summed E-state index contributed by atoms with van der Waals surface area (Å²) in [6.45, 7) is 7.28. The van der Waals surface area contributed by atoms with E-state index in [9.17, 15) is 13.2 Å². The minimum Gasteiger partial charge on any atom is -0.406 e. The Hall–Kier alpha value is -1.05. The van der Waals surface area contributed by atoms with Gasteiger partial charge in [-0.2, -0.15) is 0 Å². The fraction of sp³-hybridized carbons (Fsp3) is 0.556. The van der Waals surface area contributed by atoms with Crippen LogP contribution in [0, 0.1) is 0 Å². The van der Waals surface area contributed by atoms with Crippen LogP contribution in [0.15, 0.2) is 35.3 Å². The molecule has 1 aliphatic rings. The van der Waals surface area contributed by atoms with E-state index in [0.717, 1.165) is 57.4 Å². The zero-order valence-electron chi connectivity index (χ0n) is 14.1. The summed E-state index contributed by atoms with van der Waals surface area (Å²) in [5.41, 5.74) is 0.856. The number of allylic oxidation sites excluding steroid dienone is 1. The van der Waals surface area contributed by atoms with Crippen LogP contribution in [0.3, 0.4) is 0 Å². The van der Waals surface area contributed by atoms with Crippen LogP contribution < -0.4 is 10.1 Å². The highest BCUT2D eigenvalue weighted by atomic mass is 79.9. The third-order valence-corrected chi connectivity index (χ3v) is 4.70. The van der Waals surface area contributed by atoms with Crippen molar-refractivity contribution in [2.45, 2.75) is 38.1 Å². The number of alkyl halides is 3. The molecule has 1 aromatic rings. The number of piperazine rings is 1. The number of nitrogens with zero attached hydrogens (tertiary/aromatic N) is 1. The first-order valence-corrected chi connectivity index (χ1v) is 9.30. The fourth-order valence-electron chi connectivity index (χ4n) is 3.15. The van der Waals surface area contributed by atoms with Gasteiger partial charge in [0.15, 0.2) is 0 Å². The molecule has 1 aromatic carbocycles. The second-order valence-electron chi connectivity index (χ2n) is 6.14. The first-order valence-electron chi connectivity index (χ1n) is 8.51. The van der Waals surface area contributed by atoms with Crippen LogP contribution in [-0.4, -0.2) is 37.4 Å². The second-order valence-corrected chi connectivity index (χ2v) is 7.06. The zero-order valence-corrected chi connectivity index (χ0v) is 15.7. The number of benzene rings is 1. The van der Waals surface area contributed by atoms with Crippen LogP contribution in [-0.2, 0) is 0 Å². The Morgan fingerprint density at radius 2 is 1.96 bits per heavy atom. The molecule has 0 saturated carbocycles. The highest BCUT2D eigenvalue weighted by Crippen LogP contribution is 2.34. The molecule has 0 bridgehead atoms. The van der Waals surface area contributed by atoms with Crippen molar-refractivity contribution in [3.05, 3.63) is 40.9 Å². The Kier molecular flexibility index (Phi) is 7.78. The molecule has 25 heavy (non-hydrogen) atoms. The largest absolute Gasteiger partial charge is 0.573 e. The molecule has 0 aromatic heterocycles. The lowest BCUT2D eigenvalue weighted by Gasteiger charge is -2.35. The van der Waals surface area contributed by atoms with Gasteiger partial charge in [0.1, 0.15) is 5.75 Å². The molecule has 1 N–H and O–H groups in total. The smallest absolute Gasteiger partial charge is 0.406 e. The summed E-state index contributed by atoms with van der Waals surface area (Å²) in [6.07, 6.45) is 1.10. The van der Waals surface area contributed by atoms with Gasteiger partial charge in [-0.1, -0.05) is 28.4 Å². The Morgan fingerprint density at radius 3 is 2.60 bits per heavy atom. The predicted octanol–water partition coefficient (Wildman–Crippen LogP) is 5.04. The minimum atomic E-state index is -4.69. The van der Waals surface area contributed by atoms with E-state index in [1.54, 1.807) is 0 Å². The normalized spacial score (nSPS) is 17.3. The molecule has 0 unspecified atom stereocenters. The number of hydrogen-bond donors (Lipinski definition) is 1. The van der Waals surface area contributed by atoms with Gasteiger partial charge in [-0.15, -0.1) is 19.8 Å². The van der Waals surface area contributed by atoms with Gasteiger partial charge in [0.05, 0.1) is 0 Å². The highest BCUT2D eigenvalue weighted by Gasteiger charge is 2.32. The van der Waals surface area contributed by atoms with Gasteiger partial charge in [-0.25, -0.2) is 0 Å². The van der Waals surface area contributed by atoms with E-state index in [0.29, 0.717) is 4.47 Å². The molecule has 1 fully saturated rings. The summed E-state index contributed by atoms with van der Waals surface area (Å²) in [5, 5.41) is 3.31. The van der Waals surface area contributed by atoms with Gasteiger partial charge in [-0.05, 0) is 43.0 Å². The third-order valence-electron chi connectivity index (χ3n) is 4.24. The summed E-state index contributed by atoms with van der Waals surface area (Å²) >= 11 is 3.31. The van der Waals surface area contributed by atoms with Gasteiger partial charge in [0.25, 0.3) is 0 Å². The van der Waals surface area contributed by atoms with E-state index >= 15 is 0 Å². The molecule has 0 radical (unpaired) electrons. The second kappa shape index (κ2) is 9.59. The Bertz CT molecular complexity index is 560. The van der Waals surface area contributed by atoms with Crippen molar-refractivity contribution in [1.82, 2.24) is 10.2 Å². The SMILES string of the molecule is C=CCCCC[C@H](c1cc(Br)cc(OC(F)(F)F)c1)N1CCNCC1. The summed E-state index contributed by atoms with van der Waals surface area (Å²) in [6, 6.07) is 4.84. The lowest BCUT2D eigenvalue weighted by atomic mass is 9.98. The molecular formula is C18H24BrF3N2O. The Morgan fingerprint density at radius 1 is 1.24 bits per heavy atom. The number of halogens is 4. The maximum atomic E-state index is 12.6. The molecule has 7 heteroatoms. The van der Waals surface area contributed by atoms with Crippen LogP contribution in [0.25, 0.3) is 0 Å². The molecule has 1 aliphatic heterocycles. The molecule has 3 nitrogen and oxygen atoms in total. The molecule has 1 saturated heterocycles. The molecule has 1 heterocycles. The lowest BCUT2D eigenvalue weighted by Crippen LogP contribution is -2.45. The molecule has 140 valence electrons. The first-order chi connectivity index (χ1) is 11.9. The molecular weight excluding hydrogens is 397 g/mol.